The van der Waals surface area contributed by atoms with Crippen molar-refractivity contribution in [1.82, 2.24) is 9.97 Å². The van der Waals surface area contributed by atoms with Crippen molar-refractivity contribution < 1.29 is 9.66 Å². The van der Waals surface area contributed by atoms with E-state index in [-0.39, 0.29) is 17.3 Å². The fourth-order valence-electron chi connectivity index (χ4n) is 2.51. The highest BCUT2D eigenvalue weighted by Crippen LogP contribution is 2.33. The summed E-state index contributed by atoms with van der Waals surface area (Å²) >= 11 is 0. The highest BCUT2D eigenvalue weighted by atomic mass is 16.6. The first-order valence-corrected chi connectivity index (χ1v) is 8.40. The van der Waals surface area contributed by atoms with Gasteiger partial charge >= 0.3 is 5.69 Å². The average molecular weight is 365 g/mol. The van der Waals surface area contributed by atoms with Crippen molar-refractivity contribution in [2.45, 2.75) is 13.8 Å². The minimum atomic E-state index is -0.502. The molecular weight excluding hydrogens is 346 g/mol. The van der Waals surface area contributed by atoms with Crippen molar-refractivity contribution >= 4 is 28.7 Å². The van der Waals surface area contributed by atoms with Crippen LogP contribution in [0.5, 0.6) is 5.75 Å². The monoisotopic (exact) mass is 365 g/mol. The van der Waals surface area contributed by atoms with Crippen molar-refractivity contribution in [3.63, 3.8) is 0 Å². The first-order chi connectivity index (χ1) is 13.1. The normalized spacial score (nSPS) is 10.3. The van der Waals surface area contributed by atoms with Gasteiger partial charge in [-0.05, 0) is 49.7 Å². The third-order valence-electron chi connectivity index (χ3n) is 3.83. The Morgan fingerprint density at radius 3 is 2.33 bits per heavy atom. The third kappa shape index (κ3) is 4.30. The summed E-state index contributed by atoms with van der Waals surface area (Å²) in [6, 6.07) is 14.6. The van der Waals surface area contributed by atoms with Gasteiger partial charge < -0.3 is 15.4 Å². The SMILES string of the molecule is CCOc1ccc(Nc2ncnc(Nc3ccccc3C)c2[N+](=O)[O-])cc1. The van der Waals surface area contributed by atoms with Crippen LogP contribution in [0.3, 0.4) is 0 Å². The van der Waals surface area contributed by atoms with E-state index >= 15 is 0 Å². The fraction of sp³-hybridized carbons (Fsp3) is 0.158. The van der Waals surface area contributed by atoms with E-state index in [4.69, 9.17) is 4.74 Å². The zero-order chi connectivity index (χ0) is 19.2. The van der Waals surface area contributed by atoms with Crippen LogP contribution >= 0.6 is 0 Å². The molecule has 0 aliphatic carbocycles. The Labute approximate surface area is 156 Å². The summed E-state index contributed by atoms with van der Waals surface area (Å²) in [4.78, 5) is 19.3. The molecular formula is C19H19N5O3. The lowest BCUT2D eigenvalue weighted by molar-refractivity contribution is -0.383. The Balaban J connectivity index is 1.91. The van der Waals surface area contributed by atoms with Crippen LogP contribution in [-0.2, 0) is 0 Å². The highest BCUT2D eigenvalue weighted by molar-refractivity contribution is 5.77. The van der Waals surface area contributed by atoms with Crippen molar-refractivity contribution in [3.05, 3.63) is 70.5 Å². The van der Waals surface area contributed by atoms with Crippen molar-refractivity contribution in [1.29, 1.82) is 0 Å². The molecule has 3 rings (SSSR count). The van der Waals surface area contributed by atoms with E-state index < -0.39 is 4.92 Å². The lowest BCUT2D eigenvalue weighted by Crippen LogP contribution is -2.06. The minimum absolute atomic E-state index is 0.107. The van der Waals surface area contributed by atoms with Gasteiger partial charge in [-0.3, -0.25) is 10.1 Å². The number of para-hydroxylation sites is 1. The molecule has 0 aliphatic heterocycles. The van der Waals surface area contributed by atoms with Crippen LogP contribution < -0.4 is 15.4 Å². The number of benzene rings is 2. The van der Waals surface area contributed by atoms with Crippen LogP contribution in [0.1, 0.15) is 12.5 Å². The fourth-order valence-corrected chi connectivity index (χ4v) is 2.51. The van der Waals surface area contributed by atoms with Gasteiger partial charge in [0.25, 0.3) is 0 Å². The lowest BCUT2D eigenvalue weighted by atomic mass is 10.2. The number of hydrogen-bond donors (Lipinski definition) is 2. The van der Waals surface area contributed by atoms with Crippen LogP contribution in [0.15, 0.2) is 54.9 Å². The quantitative estimate of drug-likeness (QED) is 0.467. The maximum atomic E-state index is 11.7. The number of anilines is 4. The van der Waals surface area contributed by atoms with Gasteiger partial charge in [0.15, 0.2) is 0 Å². The predicted octanol–water partition coefficient (Wildman–Crippen LogP) is 4.58. The Bertz CT molecular complexity index is 944. The molecule has 1 aromatic heterocycles. The molecule has 0 saturated heterocycles. The Hall–Kier alpha value is -3.68. The summed E-state index contributed by atoms with van der Waals surface area (Å²) < 4.78 is 5.40. The molecule has 0 spiro atoms. The molecule has 3 aromatic rings. The first-order valence-electron chi connectivity index (χ1n) is 8.40. The number of aryl methyl sites for hydroxylation is 1. The maximum absolute atomic E-state index is 11.7. The standard InChI is InChI=1S/C19H19N5O3/c1-3-27-15-10-8-14(9-11-15)22-18-17(24(25)26)19(21-12-20-18)23-16-7-5-4-6-13(16)2/h4-12H,3H2,1-2H3,(H2,20,21,22,23). The van der Waals surface area contributed by atoms with Crippen LogP contribution in [0.25, 0.3) is 0 Å². The van der Waals surface area contributed by atoms with Gasteiger partial charge in [0.2, 0.25) is 11.6 Å². The Morgan fingerprint density at radius 2 is 1.70 bits per heavy atom. The van der Waals surface area contributed by atoms with Gasteiger partial charge in [0, 0.05) is 11.4 Å². The molecule has 8 nitrogen and oxygen atoms in total. The van der Waals surface area contributed by atoms with E-state index in [0.29, 0.717) is 12.3 Å². The average Bonchev–Trinajstić information content (AvgIpc) is 2.65. The molecule has 138 valence electrons. The number of hydrogen-bond acceptors (Lipinski definition) is 7. The van der Waals surface area contributed by atoms with E-state index in [1.165, 1.54) is 6.33 Å². The van der Waals surface area contributed by atoms with Crippen LogP contribution in [0.2, 0.25) is 0 Å². The number of aromatic nitrogens is 2. The first kappa shape index (κ1) is 18.1. The summed E-state index contributed by atoms with van der Waals surface area (Å²) in [5.41, 5.74) is 2.12. The van der Waals surface area contributed by atoms with Crippen molar-refractivity contribution in [2.24, 2.45) is 0 Å². The predicted molar refractivity (Wildman–Crippen MR) is 104 cm³/mol. The molecule has 0 saturated carbocycles. The van der Waals surface area contributed by atoms with Crippen LogP contribution in [0.4, 0.5) is 28.7 Å². The van der Waals surface area contributed by atoms with Gasteiger partial charge in [-0.25, -0.2) is 9.97 Å². The summed E-state index contributed by atoms with van der Waals surface area (Å²) in [6.45, 7) is 4.38. The smallest absolute Gasteiger partial charge is 0.353 e. The van der Waals surface area contributed by atoms with Crippen LogP contribution in [-0.4, -0.2) is 21.5 Å². The molecule has 0 atom stereocenters. The summed E-state index contributed by atoms with van der Waals surface area (Å²) in [6.07, 6.45) is 1.28. The number of nitrogens with zero attached hydrogens (tertiary/aromatic N) is 3. The van der Waals surface area contributed by atoms with E-state index in [0.717, 1.165) is 17.0 Å². The molecule has 2 aromatic carbocycles. The second-order valence-corrected chi connectivity index (χ2v) is 5.70. The van der Waals surface area contributed by atoms with Gasteiger partial charge in [-0.15, -0.1) is 0 Å². The number of nitrogens with one attached hydrogen (secondary N) is 2. The zero-order valence-corrected chi connectivity index (χ0v) is 15.0. The molecule has 0 radical (unpaired) electrons. The zero-order valence-electron chi connectivity index (χ0n) is 15.0. The molecule has 0 amide bonds. The molecule has 0 aliphatic rings. The van der Waals surface area contributed by atoms with Gasteiger partial charge in [0.05, 0.1) is 11.5 Å². The molecule has 0 bridgehead atoms. The molecule has 2 N–H and O–H groups in total. The van der Waals surface area contributed by atoms with Crippen molar-refractivity contribution in [3.8, 4) is 5.75 Å². The second-order valence-electron chi connectivity index (χ2n) is 5.70. The van der Waals surface area contributed by atoms with E-state index in [2.05, 4.69) is 20.6 Å². The van der Waals surface area contributed by atoms with E-state index in [9.17, 15) is 10.1 Å². The Kier molecular flexibility index (Phi) is 5.46. The topological polar surface area (TPSA) is 102 Å². The number of nitro groups is 1. The third-order valence-corrected chi connectivity index (χ3v) is 3.83. The summed E-state index contributed by atoms with van der Waals surface area (Å²) in [5, 5.41) is 17.7. The molecule has 0 unspecified atom stereocenters. The van der Waals surface area contributed by atoms with E-state index in [1.54, 1.807) is 24.3 Å². The summed E-state index contributed by atoms with van der Waals surface area (Å²) in [5.74, 6) is 0.954. The van der Waals surface area contributed by atoms with E-state index in [1.807, 2.05) is 38.1 Å². The molecule has 0 fully saturated rings. The molecule has 1 heterocycles. The number of rotatable bonds is 7. The van der Waals surface area contributed by atoms with Gasteiger partial charge in [-0.2, -0.15) is 0 Å². The van der Waals surface area contributed by atoms with Crippen LogP contribution in [0, 0.1) is 17.0 Å². The minimum Gasteiger partial charge on any atom is -0.494 e. The largest absolute Gasteiger partial charge is 0.494 e. The molecule has 27 heavy (non-hydrogen) atoms. The van der Waals surface area contributed by atoms with Crippen molar-refractivity contribution in [2.75, 3.05) is 17.2 Å². The second kappa shape index (κ2) is 8.13. The van der Waals surface area contributed by atoms with Gasteiger partial charge in [-0.1, -0.05) is 18.2 Å². The Morgan fingerprint density at radius 1 is 1.04 bits per heavy atom. The maximum Gasteiger partial charge on any atom is 0.353 e. The lowest BCUT2D eigenvalue weighted by Gasteiger charge is -2.12. The number of ether oxygens (including phenoxy) is 1. The van der Waals surface area contributed by atoms with Gasteiger partial charge in [0.1, 0.15) is 12.1 Å². The molecule has 8 heteroatoms. The summed E-state index contributed by atoms with van der Waals surface area (Å²) in [7, 11) is 0. The highest BCUT2D eigenvalue weighted by Gasteiger charge is 2.23.